The van der Waals surface area contributed by atoms with Crippen LogP contribution in [0.4, 0.5) is 10.5 Å². The van der Waals surface area contributed by atoms with E-state index in [2.05, 4.69) is 26.0 Å². The van der Waals surface area contributed by atoms with Crippen LogP contribution < -0.4 is 31.9 Å². The van der Waals surface area contributed by atoms with Crippen LogP contribution in [0.1, 0.15) is 69.2 Å². The molecule has 5 rings (SSSR count). The number of hydrogen-bond acceptors (Lipinski definition) is 8. The number of piperidine rings is 1. The van der Waals surface area contributed by atoms with E-state index in [1.807, 2.05) is 56.3 Å². The van der Waals surface area contributed by atoms with Gasteiger partial charge in [0.15, 0.2) is 0 Å². The highest BCUT2D eigenvalue weighted by atomic mass is 16.5. The maximum Gasteiger partial charge on any atom is 0.320 e. The number of carbonyl (C=O) groups is 1. The van der Waals surface area contributed by atoms with Crippen LogP contribution in [0.15, 0.2) is 71.8 Å². The van der Waals surface area contributed by atoms with Gasteiger partial charge in [-0.15, -0.1) is 0 Å². The van der Waals surface area contributed by atoms with E-state index in [1.54, 1.807) is 39.9 Å². The number of nitrogens with zero attached hydrogens (tertiary/aromatic N) is 5. The van der Waals surface area contributed by atoms with E-state index >= 15 is 0 Å². The number of likely N-dealkylation sites (tertiary alicyclic amines) is 1. The maximum absolute atomic E-state index is 13.4. The molecule has 1 aromatic carbocycles. The molecule has 250 valence electrons. The van der Waals surface area contributed by atoms with Crippen molar-refractivity contribution in [3.63, 3.8) is 0 Å². The standard InChI is InChI=1S/C34H47N11O2/c1-23(2)28(35)19-32(40-24-20-39-44(21-24)18-15-38-3)42-34(46)41-29-12-13-30(27-10-6-5-9-26(27)29)47-25-11-14-31(36)45(22-25)33(37)43-16-7-4-8-17-43/h5-6,9-11,14,19-23,29-30,36-38H,4,7-8,12-13,15-18,35H2,1-3H3,(H2,40,41,42,46)/t29?,30-/m1/s1. The fourth-order valence-corrected chi connectivity index (χ4v) is 5.80. The first-order valence-corrected chi connectivity index (χ1v) is 16.4. The Morgan fingerprint density at radius 3 is 2.64 bits per heavy atom. The molecule has 0 saturated carbocycles. The Hall–Kier alpha value is -4.91. The Balaban J connectivity index is 1.29. The molecule has 13 heteroatoms. The van der Waals surface area contributed by atoms with Crippen LogP contribution in [0.25, 0.3) is 0 Å². The molecule has 13 nitrogen and oxygen atoms in total. The van der Waals surface area contributed by atoms with E-state index in [4.69, 9.17) is 21.3 Å². The zero-order chi connectivity index (χ0) is 33.3. The van der Waals surface area contributed by atoms with Crippen molar-refractivity contribution in [3.05, 3.63) is 83.4 Å². The summed E-state index contributed by atoms with van der Waals surface area (Å²) in [5, 5.41) is 30.6. The third-order valence-corrected chi connectivity index (χ3v) is 8.50. The van der Waals surface area contributed by atoms with Gasteiger partial charge >= 0.3 is 6.03 Å². The van der Waals surface area contributed by atoms with Gasteiger partial charge in [-0.05, 0) is 74.4 Å². The Kier molecular flexibility index (Phi) is 11.1. The smallest absolute Gasteiger partial charge is 0.320 e. The van der Waals surface area contributed by atoms with Crippen molar-refractivity contribution in [2.24, 2.45) is 16.6 Å². The molecule has 2 atom stereocenters. The zero-order valence-electron chi connectivity index (χ0n) is 27.5. The topological polar surface area (TPSA) is 174 Å². The van der Waals surface area contributed by atoms with Crippen molar-refractivity contribution in [2.45, 2.75) is 64.6 Å². The van der Waals surface area contributed by atoms with Crippen LogP contribution >= 0.6 is 0 Å². The zero-order valence-corrected chi connectivity index (χ0v) is 27.5. The lowest BCUT2D eigenvalue weighted by Crippen LogP contribution is -2.43. The van der Waals surface area contributed by atoms with Gasteiger partial charge in [-0.3, -0.25) is 25.4 Å². The average Bonchev–Trinajstić information content (AvgIpc) is 3.52. The number of nitrogens with one attached hydrogen (secondary N) is 5. The molecule has 3 aromatic rings. The molecule has 47 heavy (non-hydrogen) atoms. The van der Waals surface area contributed by atoms with E-state index in [0.717, 1.165) is 43.6 Å². The normalized spacial score (nSPS) is 18.5. The van der Waals surface area contributed by atoms with Crippen molar-refractivity contribution < 1.29 is 9.53 Å². The lowest BCUT2D eigenvalue weighted by Gasteiger charge is -2.33. The van der Waals surface area contributed by atoms with Crippen LogP contribution in [0.3, 0.4) is 0 Å². The number of aromatic nitrogens is 3. The summed E-state index contributed by atoms with van der Waals surface area (Å²) in [5.74, 6) is 1.30. The highest BCUT2D eigenvalue weighted by Gasteiger charge is 2.30. The number of nitrogens with two attached hydrogens (primary N) is 1. The van der Waals surface area contributed by atoms with Crippen LogP contribution in [-0.4, -0.2) is 63.8 Å². The molecular formula is C34H47N11O2. The number of benzene rings is 1. The molecule has 1 fully saturated rings. The van der Waals surface area contributed by atoms with Gasteiger partial charge < -0.3 is 26.0 Å². The number of carbonyl (C=O) groups excluding carboxylic acids is 1. The molecule has 1 saturated heterocycles. The second kappa shape index (κ2) is 15.6. The minimum Gasteiger partial charge on any atom is -0.484 e. The summed E-state index contributed by atoms with van der Waals surface area (Å²) in [4.78, 5) is 20.0. The largest absolute Gasteiger partial charge is 0.484 e. The molecule has 0 bridgehead atoms. The highest BCUT2D eigenvalue weighted by Crippen LogP contribution is 2.38. The summed E-state index contributed by atoms with van der Waals surface area (Å²) < 4.78 is 9.86. The first-order chi connectivity index (χ1) is 22.7. The number of ether oxygens (including phenoxy) is 1. The minimum atomic E-state index is -0.387. The molecule has 0 radical (unpaired) electrons. The predicted octanol–water partition coefficient (Wildman–Crippen LogP) is 4.14. The second-order valence-electron chi connectivity index (χ2n) is 12.3. The van der Waals surface area contributed by atoms with Gasteiger partial charge in [-0.2, -0.15) is 5.10 Å². The van der Waals surface area contributed by atoms with E-state index < -0.39 is 0 Å². The number of likely N-dealkylation sites (N-methyl/N-ethyl adjacent to an activating group) is 1. The Bertz CT molecular complexity index is 1670. The first kappa shape index (κ1) is 33.5. The number of hydrogen-bond donors (Lipinski definition) is 6. The molecule has 0 spiro atoms. The molecular weight excluding hydrogens is 594 g/mol. The first-order valence-electron chi connectivity index (χ1n) is 16.4. The molecule has 3 heterocycles. The van der Waals surface area contributed by atoms with Gasteiger partial charge in [-0.1, -0.05) is 38.1 Å². The third kappa shape index (κ3) is 8.67. The summed E-state index contributed by atoms with van der Waals surface area (Å²) >= 11 is 0. The van der Waals surface area contributed by atoms with Gasteiger partial charge in [0.25, 0.3) is 0 Å². The molecule has 1 aliphatic carbocycles. The number of fused-ring (bicyclic) bond motifs is 1. The van der Waals surface area contributed by atoms with Gasteiger partial charge in [0.05, 0.1) is 31.2 Å². The summed E-state index contributed by atoms with van der Waals surface area (Å²) in [7, 11) is 1.89. The quantitative estimate of drug-likeness (QED) is 0.151. The molecule has 1 unspecified atom stereocenters. The monoisotopic (exact) mass is 641 g/mol. The van der Waals surface area contributed by atoms with Crippen molar-refractivity contribution in [2.75, 3.05) is 26.7 Å². The summed E-state index contributed by atoms with van der Waals surface area (Å²) in [6.45, 7) is 7.08. The average molecular weight is 642 g/mol. The highest BCUT2D eigenvalue weighted by molar-refractivity contribution is 6.05. The lowest BCUT2D eigenvalue weighted by atomic mass is 9.85. The van der Waals surface area contributed by atoms with Gasteiger partial charge in [-0.25, -0.2) is 9.79 Å². The fourth-order valence-electron chi connectivity index (χ4n) is 5.80. The number of amides is 2. The van der Waals surface area contributed by atoms with Gasteiger partial charge in [0.2, 0.25) is 5.96 Å². The summed E-state index contributed by atoms with van der Waals surface area (Å²) in [6, 6.07) is 10.8. The Labute approximate surface area is 275 Å². The molecule has 2 amide bonds. The second-order valence-corrected chi connectivity index (χ2v) is 12.3. The van der Waals surface area contributed by atoms with E-state index in [9.17, 15) is 4.79 Å². The van der Waals surface area contributed by atoms with Crippen molar-refractivity contribution in [1.82, 2.24) is 35.2 Å². The summed E-state index contributed by atoms with van der Waals surface area (Å²) in [5.41, 5.74) is 9.67. The Morgan fingerprint density at radius 1 is 1.13 bits per heavy atom. The molecule has 7 N–H and O–H groups in total. The van der Waals surface area contributed by atoms with Crippen LogP contribution in [0.2, 0.25) is 0 Å². The Morgan fingerprint density at radius 2 is 1.89 bits per heavy atom. The van der Waals surface area contributed by atoms with Crippen LogP contribution in [0.5, 0.6) is 5.75 Å². The van der Waals surface area contributed by atoms with Crippen LogP contribution in [-0.2, 0) is 6.54 Å². The number of urea groups is 1. The number of allylic oxidation sites excluding steroid dienone is 1. The van der Waals surface area contributed by atoms with E-state index in [0.29, 0.717) is 48.3 Å². The molecule has 1 aliphatic heterocycles. The predicted molar refractivity (Wildman–Crippen MR) is 183 cm³/mol. The fraction of sp³-hybridized carbons (Fsp3) is 0.441. The number of amidine groups is 1. The van der Waals surface area contributed by atoms with Crippen molar-refractivity contribution in [3.8, 4) is 5.75 Å². The van der Waals surface area contributed by atoms with Crippen molar-refractivity contribution >= 4 is 23.5 Å². The minimum absolute atomic E-state index is 0.0766. The van der Waals surface area contributed by atoms with Gasteiger partial charge in [0, 0.05) is 25.3 Å². The van der Waals surface area contributed by atoms with Crippen LogP contribution in [0, 0.1) is 16.7 Å². The third-order valence-electron chi connectivity index (χ3n) is 8.50. The number of aliphatic imine (C=N–C) groups is 1. The maximum atomic E-state index is 13.4. The summed E-state index contributed by atoms with van der Waals surface area (Å²) in [6.07, 6.45) is 11.3. The molecule has 2 aromatic heterocycles. The van der Waals surface area contributed by atoms with E-state index in [-0.39, 0.29) is 29.6 Å². The molecule has 2 aliphatic rings. The lowest BCUT2D eigenvalue weighted by molar-refractivity contribution is 0.171. The van der Waals surface area contributed by atoms with Crippen molar-refractivity contribution in [1.29, 1.82) is 10.8 Å². The van der Waals surface area contributed by atoms with E-state index in [1.165, 1.54) is 6.42 Å². The number of rotatable bonds is 9. The SMILES string of the molecule is CNCCn1cc(N=C(C=C(N)C(C)C)NC(=O)NC2CC[C@@H](Oc3ccc(=N)n(C(=N)N4CCCCC4)c3)c3ccccc32)cn1. The number of pyridine rings is 1. The van der Waals surface area contributed by atoms with Gasteiger partial charge in [0.1, 0.15) is 28.9 Å².